The summed E-state index contributed by atoms with van der Waals surface area (Å²) < 4.78 is 18.1. The molecule has 0 radical (unpaired) electrons. The summed E-state index contributed by atoms with van der Waals surface area (Å²) in [4.78, 5) is 11.1. The second kappa shape index (κ2) is 3.68. The van der Waals surface area contributed by atoms with Crippen LogP contribution < -0.4 is 0 Å². The quantitative estimate of drug-likeness (QED) is 0.589. The van der Waals surface area contributed by atoms with Gasteiger partial charge in [0.05, 0.1) is 0 Å². The van der Waals surface area contributed by atoms with E-state index in [1.807, 2.05) is 22.6 Å². The highest BCUT2D eigenvalue weighted by Gasteiger charge is 2.23. The number of carbonyl (C=O) groups excluding carboxylic acids is 1. The van der Waals surface area contributed by atoms with Crippen LogP contribution in [0.3, 0.4) is 0 Å². The third-order valence-electron chi connectivity index (χ3n) is 1.98. The summed E-state index contributed by atoms with van der Waals surface area (Å²) >= 11 is 1.94. The van der Waals surface area contributed by atoms with Gasteiger partial charge in [-0.05, 0) is 40.3 Å². The molecular formula is C10H6FIO2. The topological polar surface area (TPSA) is 26.3 Å². The van der Waals surface area contributed by atoms with Crippen LogP contribution in [0.1, 0.15) is 5.56 Å². The van der Waals surface area contributed by atoms with Gasteiger partial charge in [0.25, 0.3) is 0 Å². The van der Waals surface area contributed by atoms with Crippen LogP contribution in [0.4, 0.5) is 4.39 Å². The Morgan fingerprint density at radius 3 is 2.43 bits per heavy atom. The van der Waals surface area contributed by atoms with Crippen LogP contribution in [0.2, 0.25) is 0 Å². The zero-order valence-electron chi connectivity index (χ0n) is 7.09. The number of cyclic esters (lactones) is 1. The molecule has 4 heteroatoms. The van der Waals surface area contributed by atoms with Crippen LogP contribution in [0.15, 0.2) is 27.8 Å². The maximum absolute atomic E-state index is 12.6. The summed E-state index contributed by atoms with van der Waals surface area (Å²) in [5.74, 6) is -0.584. The minimum Gasteiger partial charge on any atom is -0.457 e. The molecule has 2 nitrogen and oxygen atoms in total. The molecule has 14 heavy (non-hydrogen) atoms. The largest absolute Gasteiger partial charge is 0.457 e. The molecule has 0 spiro atoms. The Bertz CT molecular complexity index is 409. The highest BCUT2D eigenvalue weighted by Crippen LogP contribution is 2.29. The zero-order valence-corrected chi connectivity index (χ0v) is 9.25. The standard InChI is InChI=1S/C10H6FIO2/c11-7-3-1-6(2-4-7)8-5-14-10(13)9(8)12/h1-4H,5H2. The monoisotopic (exact) mass is 304 g/mol. The molecule has 1 heterocycles. The second-order valence-electron chi connectivity index (χ2n) is 2.88. The van der Waals surface area contributed by atoms with Crippen LogP contribution >= 0.6 is 22.6 Å². The van der Waals surface area contributed by atoms with Crippen LogP contribution in [0.25, 0.3) is 5.57 Å². The summed E-state index contributed by atoms with van der Waals surface area (Å²) in [5.41, 5.74) is 1.66. The number of hydrogen-bond acceptors (Lipinski definition) is 2. The predicted octanol–water partition coefficient (Wildman–Crippen LogP) is 2.53. The first-order valence-corrected chi connectivity index (χ1v) is 5.08. The molecule has 1 aromatic rings. The van der Waals surface area contributed by atoms with Crippen LogP contribution in [-0.2, 0) is 9.53 Å². The normalized spacial score (nSPS) is 16.0. The highest BCUT2D eigenvalue weighted by atomic mass is 127. The average Bonchev–Trinajstić information content (AvgIpc) is 2.50. The molecule has 0 atom stereocenters. The van der Waals surface area contributed by atoms with Crippen molar-refractivity contribution in [2.24, 2.45) is 0 Å². The molecule has 0 unspecified atom stereocenters. The molecule has 1 aromatic carbocycles. The Morgan fingerprint density at radius 2 is 1.93 bits per heavy atom. The van der Waals surface area contributed by atoms with E-state index in [1.165, 1.54) is 12.1 Å². The minimum absolute atomic E-state index is 0.280. The number of halogens is 2. The Morgan fingerprint density at radius 1 is 1.29 bits per heavy atom. The van der Waals surface area contributed by atoms with Crippen molar-refractivity contribution in [1.82, 2.24) is 0 Å². The van der Waals surface area contributed by atoms with Gasteiger partial charge in [-0.2, -0.15) is 0 Å². The molecule has 0 aromatic heterocycles. The molecule has 1 aliphatic rings. The lowest BCUT2D eigenvalue weighted by Gasteiger charge is -1.99. The van der Waals surface area contributed by atoms with Crippen molar-refractivity contribution in [2.45, 2.75) is 0 Å². The maximum atomic E-state index is 12.6. The molecule has 0 amide bonds. The van der Waals surface area contributed by atoms with Gasteiger partial charge in [0, 0.05) is 5.57 Å². The van der Waals surface area contributed by atoms with E-state index in [-0.39, 0.29) is 18.4 Å². The van der Waals surface area contributed by atoms with E-state index in [0.717, 1.165) is 11.1 Å². The van der Waals surface area contributed by atoms with Crippen molar-refractivity contribution >= 4 is 34.1 Å². The van der Waals surface area contributed by atoms with E-state index in [2.05, 4.69) is 0 Å². The molecule has 0 N–H and O–H groups in total. The number of benzene rings is 1. The lowest BCUT2D eigenvalue weighted by molar-refractivity contribution is -0.134. The van der Waals surface area contributed by atoms with Gasteiger partial charge < -0.3 is 4.74 Å². The third-order valence-corrected chi connectivity index (χ3v) is 3.08. The van der Waals surface area contributed by atoms with Crippen molar-refractivity contribution in [2.75, 3.05) is 6.61 Å². The number of rotatable bonds is 1. The number of carbonyl (C=O) groups is 1. The first-order chi connectivity index (χ1) is 6.68. The van der Waals surface area contributed by atoms with Gasteiger partial charge in [-0.25, -0.2) is 9.18 Å². The van der Waals surface area contributed by atoms with Gasteiger partial charge in [-0.3, -0.25) is 0 Å². The first-order valence-electron chi connectivity index (χ1n) is 4.00. The van der Waals surface area contributed by atoms with Gasteiger partial charge in [0.2, 0.25) is 0 Å². The lowest BCUT2D eigenvalue weighted by Crippen LogP contribution is -1.93. The van der Waals surface area contributed by atoms with E-state index in [4.69, 9.17) is 4.74 Å². The lowest BCUT2D eigenvalue weighted by atomic mass is 10.1. The van der Waals surface area contributed by atoms with E-state index in [0.29, 0.717) is 3.58 Å². The Labute approximate surface area is 93.9 Å². The van der Waals surface area contributed by atoms with E-state index < -0.39 is 0 Å². The molecule has 2 rings (SSSR count). The Kier molecular flexibility index (Phi) is 2.54. The van der Waals surface area contributed by atoms with Crippen molar-refractivity contribution in [3.63, 3.8) is 0 Å². The van der Waals surface area contributed by atoms with E-state index in [9.17, 15) is 9.18 Å². The van der Waals surface area contributed by atoms with Crippen LogP contribution in [0.5, 0.6) is 0 Å². The molecular weight excluding hydrogens is 298 g/mol. The summed E-state index contributed by atoms with van der Waals surface area (Å²) in [6, 6.07) is 6.03. The van der Waals surface area contributed by atoms with Crippen LogP contribution in [-0.4, -0.2) is 12.6 Å². The third kappa shape index (κ3) is 1.66. The minimum atomic E-state index is -0.301. The Balaban J connectivity index is 2.41. The fourth-order valence-electron chi connectivity index (χ4n) is 1.25. The van der Waals surface area contributed by atoms with Crippen molar-refractivity contribution in [3.8, 4) is 0 Å². The highest BCUT2D eigenvalue weighted by molar-refractivity contribution is 14.1. The first kappa shape index (κ1) is 9.64. The number of hydrogen-bond donors (Lipinski definition) is 0. The van der Waals surface area contributed by atoms with Gasteiger partial charge in [0.1, 0.15) is 16.0 Å². The van der Waals surface area contributed by atoms with Gasteiger partial charge in [-0.1, -0.05) is 12.1 Å². The van der Waals surface area contributed by atoms with Crippen LogP contribution in [0, 0.1) is 5.82 Å². The maximum Gasteiger partial charge on any atom is 0.345 e. The number of esters is 1. The van der Waals surface area contributed by atoms with Gasteiger partial charge in [-0.15, -0.1) is 0 Å². The molecule has 0 fully saturated rings. The van der Waals surface area contributed by atoms with Crippen molar-refractivity contribution in [3.05, 3.63) is 39.2 Å². The van der Waals surface area contributed by atoms with E-state index in [1.54, 1.807) is 12.1 Å². The molecule has 0 saturated heterocycles. The van der Waals surface area contributed by atoms with Gasteiger partial charge >= 0.3 is 5.97 Å². The zero-order chi connectivity index (χ0) is 10.1. The summed E-state index contributed by atoms with van der Waals surface area (Å²) in [7, 11) is 0. The van der Waals surface area contributed by atoms with Gasteiger partial charge in [0.15, 0.2) is 0 Å². The molecule has 0 saturated carbocycles. The fraction of sp³-hybridized carbons (Fsp3) is 0.100. The molecule has 1 aliphatic heterocycles. The Hall–Kier alpha value is -0.910. The van der Waals surface area contributed by atoms with Crippen molar-refractivity contribution < 1.29 is 13.9 Å². The fourth-order valence-corrected chi connectivity index (χ4v) is 1.87. The second-order valence-corrected chi connectivity index (χ2v) is 3.95. The average molecular weight is 304 g/mol. The SMILES string of the molecule is O=C1OCC(c2ccc(F)cc2)=C1I. The summed E-state index contributed by atoms with van der Waals surface area (Å²) in [6.45, 7) is 0.280. The smallest absolute Gasteiger partial charge is 0.345 e. The summed E-state index contributed by atoms with van der Waals surface area (Å²) in [6.07, 6.45) is 0. The predicted molar refractivity (Wildman–Crippen MR) is 58.3 cm³/mol. The molecule has 0 bridgehead atoms. The number of ether oxygens (including phenoxy) is 1. The van der Waals surface area contributed by atoms with E-state index >= 15 is 0 Å². The molecule has 0 aliphatic carbocycles. The van der Waals surface area contributed by atoms with Crippen molar-refractivity contribution in [1.29, 1.82) is 0 Å². The summed E-state index contributed by atoms with van der Waals surface area (Å²) in [5, 5.41) is 0. The molecule has 72 valence electrons.